The highest BCUT2D eigenvalue weighted by Gasteiger charge is 2.18. The Kier molecular flexibility index (Phi) is 3.35. The fourth-order valence-electron chi connectivity index (χ4n) is 1.46. The van der Waals surface area contributed by atoms with Gasteiger partial charge in [-0.15, -0.1) is 0 Å². The molecule has 0 saturated carbocycles. The summed E-state index contributed by atoms with van der Waals surface area (Å²) in [5, 5.41) is 11.5. The van der Waals surface area contributed by atoms with Crippen LogP contribution in [0.2, 0.25) is 0 Å². The average Bonchev–Trinajstić information content (AvgIpc) is 2.17. The van der Waals surface area contributed by atoms with Crippen molar-refractivity contribution >= 4 is 6.21 Å². The number of ether oxygens (including phenoxy) is 1. The van der Waals surface area contributed by atoms with E-state index in [1.54, 1.807) is 7.11 Å². The van der Waals surface area contributed by atoms with Gasteiger partial charge in [-0.1, -0.05) is 25.9 Å². The van der Waals surface area contributed by atoms with Crippen molar-refractivity contribution in [2.75, 3.05) is 7.11 Å². The zero-order chi connectivity index (χ0) is 11.5. The summed E-state index contributed by atoms with van der Waals surface area (Å²) in [5.74, 6) is 0.859. The van der Waals surface area contributed by atoms with Crippen LogP contribution in [-0.2, 0) is 5.41 Å². The normalized spacial score (nSPS) is 12.0. The molecule has 3 heteroatoms. The molecule has 0 heterocycles. The van der Waals surface area contributed by atoms with Crippen LogP contribution in [0.5, 0.6) is 5.75 Å². The molecule has 0 aliphatic rings. The molecule has 0 saturated heterocycles. The van der Waals surface area contributed by atoms with E-state index in [1.807, 2.05) is 18.2 Å². The standard InChI is InChI=1S/C12H17NO2/c1-12(2,3)10-7-9(8-13-14)5-6-11(10)15-4/h5-8,14H,1-4H3/b13-8-. The third-order valence-electron chi connectivity index (χ3n) is 2.24. The summed E-state index contributed by atoms with van der Waals surface area (Å²) in [6, 6.07) is 5.71. The summed E-state index contributed by atoms with van der Waals surface area (Å²) >= 11 is 0. The van der Waals surface area contributed by atoms with Crippen molar-refractivity contribution in [3.63, 3.8) is 0 Å². The van der Waals surface area contributed by atoms with E-state index in [1.165, 1.54) is 6.21 Å². The van der Waals surface area contributed by atoms with Gasteiger partial charge in [0.1, 0.15) is 5.75 Å². The summed E-state index contributed by atoms with van der Waals surface area (Å²) in [4.78, 5) is 0. The van der Waals surface area contributed by atoms with Crippen molar-refractivity contribution < 1.29 is 9.94 Å². The third kappa shape index (κ3) is 2.72. The largest absolute Gasteiger partial charge is 0.496 e. The highest BCUT2D eigenvalue weighted by atomic mass is 16.5. The summed E-state index contributed by atoms with van der Waals surface area (Å²) in [7, 11) is 1.66. The highest BCUT2D eigenvalue weighted by Crippen LogP contribution is 2.31. The molecule has 0 aliphatic heterocycles. The lowest BCUT2D eigenvalue weighted by Crippen LogP contribution is -2.13. The van der Waals surface area contributed by atoms with E-state index in [0.717, 1.165) is 16.9 Å². The molecule has 0 aromatic heterocycles. The predicted molar refractivity (Wildman–Crippen MR) is 61.1 cm³/mol. The van der Waals surface area contributed by atoms with Crippen molar-refractivity contribution in [2.45, 2.75) is 26.2 Å². The number of rotatable bonds is 2. The maximum atomic E-state index is 8.48. The molecule has 0 amide bonds. The van der Waals surface area contributed by atoms with Gasteiger partial charge in [0.25, 0.3) is 0 Å². The van der Waals surface area contributed by atoms with Crippen molar-refractivity contribution in [3.8, 4) is 5.75 Å². The summed E-state index contributed by atoms with van der Waals surface area (Å²) < 4.78 is 5.30. The molecular weight excluding hydrogens is 190 g/mol. The first-order chi connectivity index (χ1) is 6.99. The number of benzene rings is 1. The van der Waals surface area contributed by atoms with Gasteiger partial charge in [0.2, 0.25) is 0 Å². The van der Waals surface area contributed by atoms with Crippen LogP contribution in [0.25, 0.3) is 0 Å². The van der Waals surface area contributed by atoms with Gasteiger partial charge in [-0.25, -0.2) is 0 Å². The van der Waals surface area contributed by atoms with Gasteiger partial charge in [-0.05, 0) is 29.2 Å². The predicted octanol–water partition coefficient (Wildman–Crippen LogP) is 2.80. The Hall–Kier alpha value is -1.51. The molecule has 0 aliphatic carbocycles. The molecule has 1 N–H and O–H groups in total. The lowest BCUT2D eigenvalue weighted by molar-refractivity contribution is 0.322. The summed E-state index contributed by atoms with van der Waals surface area (Å²) in [5.41, 5.74) is 1.97. The van der Waals surface area contributed by atoms with Gasteiger partial charge in [-0.2, -0.15) is 0 Å². The smallest absolute Gasteiger partial charge is 0.122 e. The summed E-state index contributed by atoms with van der Waals surface area (Å²) in [6.07, 6.45) is 1.41. The van der Waals surface area contributed by atoms with Crippen LogP contribution in [0.15, 0.2) is 23.4 Å². The molecule has 82 valence electrons. The fourth-order valence-corrected chi connectivity index (χ4v) is 1.46. The first-order valence-electron chi connectivity index (χ1n) is 4.85. The van der Waals surface area contributed by atoms with Crippen molar-refractivity contribution in [1.82, 2.24) is 0 Å². The zero-order valence-corrected chi connectivity index (χ0v) is 9.61. The van der Waals surface area contributed by atoms with Crippen molar-refractivity contribution in [1.29, 1.82) is 0 Å². The Morgan fingerprint density at radius 1 is 1.33 bits per heavy atom. The van der Waals surface area contributed by atoms with Gasteiger partial charge in [-0.3, -0.25) is 0 Å². The van der Waals surface area contributed by atoms with E-state index in [4.69, 9.17) is 9.94 Å². The lowest BCUT2D eigenvalue weighted by Gasteiger charge is -2.22. The Balaban J connectivity index is 3.25. The fraction of sp³-hybridized carbons (Fsp3) is 0.417. The van der Waals surface area contributed by atoms with Crippen LogP contribution in [0.3, 0.4) is 0 Å². The molecule has 0 bridgehead atoms. The molecule has 15 heavy (non-hydrogen) atoms. The molecule has 3 nitrogen and oxygen atoms in total. The minimum atomic E-state index is 0.00461. The second kappa shape index (κ2) is 4.34. The van der Waals surface area contributed by atoms with Crippen LogP contribution < -0.4 is 4.74 Å². The molecule has 0 spiro atoms. The minimum Gasteiger partial charge on any atom is -0.496 e. The van der Waals surface area contributed by atoms with Gasteiger partial charge in [0.05, 0.1) is 13.3 Å². The number of hydrogen-bond donors (Lipinski definition) is 1. The maximum Gasteiger partial charge on any atom is 0.122 e. The van der Waals surface area contributed by atoms with Crippen molar-refractivity contribution in [2.24, 2.45) is 5.16 Å². The van der Waals surface area contributed by atoms with Crippen LogP contribution in [-0.4, -0.2) is 18.5 Å². The van der Waals surface area contributed by atoms with E-state index in [2.05, 4.69) is 25.9 Å². The Morgan fingerprint density at radius 3 is 2.47 bits per heavy atom. The lowest BCUT2D eigenvalue weighted by atomic mass is 9.85. The Bertz CT molecular complexity index is 364. The minimum absolute atomic E-state index is 0.00461. The number of nitrogens with zero attached hydrogens (tertiary/aromatic N) is 1. The second-order valence-corrected chi connectivity index (χ2v) is 4.45. The number of oxime groups is 1. The monoisotopic (exact) mass is 207 g/mol. The highest BCUT2D eigenvalue weighted by molar-refractivity contribution is 5.80. The molecular formula is C12H17NO2. The second-order valence-electron chi connectivity index (χ2n) is 4.45. The van der Waals surface area contributed by atoms with Crippen LogP contribution in [0.1, 0.15) is 31.9 Å². The van der Waals surface area contributed by atoms with Gasteiger partial charge >= 0.3 is 0 Å². The average molecular weight is 207 g/mol. The zero-order valence-electron chi connectivity index (χ0n) is 9.61. The Labute approximate surface area is 90.4 Å². The SMILES string of the molecule is COc1ccc(/C=N\O)cc1C(C)(C)C. The van der Waals surface area contributed by atoms with E-state index in [-0.39, 0.29) is 5.41 Å². The van der Waals surface area contributed by atoms with Crippen LogP contribution >= 0.6 is 0 Å². The van der Waals surface area contributed by atoms with Gasteiger partial charge in [0, 0.05) is 5.56 Å². The first kappa shape index (κ1) is 11.6. The van der Waals surface area contributed by atoms with Gasteiger partial charge in [0.15, 0.2) is 0 Å². The molecule has 0 unspecified atom stereocenters. The maximum absolute atomic E-state index is 8.48. The molecule has 0 fully saturated rings. The quantitative estimate of drug-likeness (QED) is 0.460. The Morgan fingerprint density at radius 2 is 2.00 bits per heavy atom. The van der Waals surface area contributed by atoms with E-state index < -0.39 is 0 Å². The van der Waals surface area contributed by atoms with Crippen LogP contribution in [0.4, 0.5) is 0 Å². The number of methoxy groups -OCH3 is 1. The van der Waals surface area contributed by atoms with Crippen molar-refractivity contribution in [3.05, 3.63) is 29.3 Å². The van der Waals surface area contributed by atoms with Gasteiger partial charge < -0.3 is 9.94 Å². The van der Waals surface area contributed by atoms with E-state index >= 15 is 0 Å². The summed E-state index contributed by atoms with van der Waals surface area (Å²) in [6.45, 7) is 6.35. The number of hydrogen-bond acceptors (Lipinski definition) is 3. The molecule has 0 radical (unpaired) electrons. The topological polar surface area (TPSA) is 41.8 Å². The van der Waals surface area contributed by atoms with Crippen LogP contribution in [0, 0.1) is 0 Å². The van der Waals surface area contributed by atoms with E-state index in [9.17, 15) is 0 Å². The van der Waals surface area contributed by atoms with E-state index in [0.29, 0.717) is 0 Å². The third-order valence-corrected chi connectivity index (χ3v) is 2.24. The molecule has 1 rings (SSSR count). The first-order valence-corrected chi connectivity index (χ1v) is 4.85. The molecule has 1 aromatic carbocycles. The molecule has 1 aromatic rings. The molecule has 0 atom stereocenters.